The summed E-state index contributed by atoms with van der Waals surface area (Å²) >= 11 is 0. The van der Waals surface area contributed by atoms with E-state index < -0.39 is 5.92 Å². The summed E-state index contributed by atoms with van der Waals surface area (Å²) in [6.07, 6.45) is 3.79. The number of amides is 2. The number of hydrogen-bond donors (Lipinski definition) is 1. The fourth-order valence-corrected chi connectivity index (χ4v) is 4.44. The highest BCUT2D eigenvalue weighted by Crippen LogP contribution is 2.42. The van der Waals surface area contributed by atoms with Crippen molar-refractivity contribution in [2.45, 2.75) is 26.2 Å². The summed E-state index contributed by atoms with van der Waals surface area (Å²) in [5.41, 5.74) is 3.75. The number of methoxy groups -OCH3 is 3. The molecule has 1 aliphatic heterocycles. The van der Waals surface area contributed by atoms with Crippen LogP contribution in [0.4, 0.5) is 5.69 Å². The number of ether oxygens (including phenoxy) is 3. The lowest BCUT2D eigenvalue weighted by Crippen LogP contribution is -2.33. The van der Waals surface area contributed by atoms with Gasteiger partial charge in [0.05, 0.1) is 44.3 Å². The second-order valence-corrected chi connectivity index (χ2v) is 8.70. The van der Waals surface area contributed by atoms with Crippen LogP contribution in [0.15, 0.2) is 48.7 Å². The van der Waals surface area contributed by atoms with E-state index in [1.807, 2.05) is 48.1 Å². The van der Waals surface area contributed by atoms with Gasteiger partial charge in [0.25, 0.3) is 0 Å². The molecule has 2 heterocycles. The predicted octanol–water partition coefficient (Wildman–Crippen LogP) is 3.31. The molecule has 9 heteroatoms. The SMILES string of the molecule is COc1cc(N2CC(C(=O)NCCCc3cn(-c4ccccc4)nc3C)CC2=O)cc(OC)c1OC. The molecule has 1 unspecified atom stereocenters. The zero-order valence-corrected chi connectivity index (χ0v) is 21.1. The Morgan fingerprint density at radius 1 is 1.06 bits per heavy atom. The van der Waals surface area contributed by atoms with E-state index in [-0.39, 0.29) is 18.2 Å². The molecule has 9 nitrogen and oxygen atoms in total. The number of aryl methyl sites for hydroxylation is 2. The molecule has 3 aromatic rings. The van der Waals surface area contributed by atoms with E-state index in [2.05, 4.69) is 10.4 Å². The fourth-order valence-electron chi connectivity index (χ4n) is 4.44. The number of aromatic nitrogens is 2. The van der Waals surface area contributed by atoms with Gasteiger partial charge in [-0.15, -0.1) is 0 Å². The average molecular weight is 493 g/mol. The first kappa shape index (κ1) is 25.1. The second-order valence-electron chi connectivity index (χ2n) is 8.70. The van der Waals surface area contributed by atoms with Crippen LogP contribution in [0.1, 0.15) is 24.1 Å². The molecule has 1 atom stereocenters. The Morgan fingerprint density at radius 2 is 1.75 bits per heavy atom. The van der Waals surface area contributed by atoms with Crippen molar-refractivity contribution >= 4 is 17.5 Å². The Labute approximate surface area is 210 Å². The molecule has 190 valence electrons. The first-order valence-corrected chi connectivity index (χ1v) is 11.9. The van der Waals surface area contributed by atoms with Crippen LogP contribution in [-0.2, 0) is 16.0 Å². The van der Waals surface area contributed by atoms with Gasteiger partial charge in [-0.3, -0.25) is 9.59 Å². The van der Waals surface area contributed by atoms with E-state index in [1.54, 1.807) is 17.0 Å². The molecule has 1 fully saturated rings. The topological polar surface area (TPSA) is 94.9 Å². The number of hydrogen-bond acceptors (Lipinski definition) is 6. The molecular formula is C27H32N4O5. The van der Waals surface area contributed by atoms with Crippen molar-refractivity contribution in [2.24, 2.45) is 5.92 Å². The van der Waals surface area contributed by atoms with Crippen molar-refractivity contribution in [3.63, 3.8) is 0 Å². The van der Waals surface area contributed by atoms with Crippen LogP contribution in [0.25, 0.3) is 5.69 Å². The molecule has 0 saturated carbocycles. The normalized spacial score (nSPS) is 15.2. The maximum Gasteiger partial charge on any atom is 0.227 e. The largest absolute Gasteiger partial charge is 0.493 e. The maximum absolute atomic E-state index is 12.8. The standard InChI is InChI=1S/C27H32N4O5/c1-18-19(17-31(29-18)21-10-6-5-7-11-21)9-8-12-28-27(33)20-13-25(32)30(16-20)22-14-23(34-2)26(36-4)24(15-22)35-3/h5-7,10-11,14-15,17,20H,8-9,12-13,16H2,1-4H3,(H,28,33). The summed E-state index contributed by atoms with van der Waals surface area (Å²) in [6, 6.07) is 13.4. The summed E-state index contributed by atoms with van der Waals surface area (Å²) in [4.78, 5) is 27.1. The maximum atomic E-state index is 12.8. The van der Waals surface area contributed by atoms with Gasteiger partial charge >= 0.3 is 0 Å². The van der Waals surface area contributed by atoms with Gasteiger partial charge in [0.15, 0.2) is 11.5 Å². The van der Waals surface area contributed by atoms with Gasteiger partial charge in [-0.05, 0) is 37.5 Å². The molecule has 1 N–H and O–H groups in total. The third-order valence-corrected chi connectivity index (χ3v) is 6.40. The molecule has 4 rings (SSSR count). The highest BCUT2D eigenvalue weighted by Gasteiger charge is 2.35. The predicted molar refractivity (Wildman–Crippen MR) is 136 cm³/mol. The number of nitrogens with one attached hydrogen (secondary N) is 1. The minimum atomic E-state index is -0.417. The van der Waals surface area contributed by atoms with Crippen LogP contribution in [0.2, 0.25) is 0 Å². The van der Waals surface area contributed by atoms with E-state index in [0.717, 1.165) is 29.8 Å². The first-order valence-electron chi connectivity index (χ1n) is 11.9. The number of carbonyl (C=O) groups is 2. The highest BCUT2D eigenvalue weighted by molar-refractivity contribution is 6.00. The number of para-hydroxylation sites is 1. The van der Waals surface area contributed by atoms with E-state index in [0.29, 0.717) is 36.0 Å². The van der Waals surface area contributed by atoms with Crippen molar-refractivity contribution in [1.29, 1.82) is 0 Å². The van der Waals surface area contributed by atoms with Crippen molar-refractivity contribution in [1.82, 2.24) is 15.1 Å². The molecule has 0 aliphatic carbocycles. The van der Waals surface area contributed by atoms with Gasteiger partial charge in [-0.2, -0.15) is 5.10 Å². The van der Waals surface area contributed by atoms with Gasteiger partial charge in [-0.25, -0.2) is 4.68 Å². The van der Waals surface area contributed by atoms with Gasteiger partial charge in [0, 0.05) is 37.8 Å². The number of carbonyl (C=O) groups excluding carboxylic acids is 2. The van der Waals surface area contributed by atoms with Crippen molar-refractivity contribution < 1.29 is 23.8 Å². The zero-order valence-electron chi connectivity index (χ0n) is 21.1. The van der Waals surface area contributed by atoms with Crippen molar-refractivity contribution in [3.8, 4) is 22.9 Å². The average Bonchev–Trinajstić information content (AvgIpc) is 3.48. The van der Waals surface area contributed by atoms with Crippen molar-refractivity contribution in [2.75, 3.05) is 39.3 Å². The van der Waals surface area contributed by atoms with Crippen LogP contribution in [0, 0.1) is 12.8 Å². The number of anilines is 1. The minimum absolute atomic E-state index is 0.116. The van der Waals surface area contributed by atoms with E-state index >= 15 is 0 Å². The number of rotatable bonds is 10. The van der Waals surface area contributed by atoms with E-state index in [4.69, 9.17) is 14.2 Å². The van der Waals surface area contributed by atoms with Crippen LogP contribution in [0.5, 0.6) is 17.2 Å². The molecule has 1 aromatic heterocycles. The number of nitrogens with zero attached hydrogens (tertiary/aromatic N) is 3. The van der Waals surface area contributed by atoms with Crippen molar-refractivity contribution in [3.05, 3.63) is 59.9 Å². The highest BCUT2D eigenvalue weighted by atomic mass is 16.5. The lowest BCUT2D eigenvalue weighted by atomic mass is 10.1. The monoisotopic (exact) mass is 492 g/mol. The van der Waals surface area contributed by atoms with E-state index in [9.17, 15) is 9.59 Å². The Morgan fingerprint density at radius 3 is 2.39 bits per heavy atom. The number of benzene rings is 2. The summed E-state index contributed by atoms with van der Waals surface area (Å²) in [5, 5.41) is 7.59. The molecule has 1 saturated heterocycles. The molecule has 0 bridgehead atoms. The summed E-state index contributed by atoms with van der Waals surface area (Å²) in [7, 11) is 4.58. The van der Waals surface area contributed by atoms with Gasteiger partial charge in [-0.1, -0.05) is 18.2 Å². The zero-order chi connectivity index (χ0) is 25.7. The summed E-state index contributed by atoms with van der Waals surface area (Å²) in [5.74, 6) is 0.716. The smallest absolute Gasteiger partial charge is 0.227 e. The first-order chi connectivity index (χ1) is 17.4. The molecule has 2 aromatic carbocycles. The Bertz CT molecular complexity index is 1200. The molecular weight excluding hydrogens is 460 g/mol. The lowest BCUT2D eigenvalue weighted by Gasteiger charge is -2.20. The Hall–Kier alpha value is -4.01. The van der Waals surface area contributed by atoms with Crippen LogP contribution in [0.3, 0.4) is 0 Å². The van der Waals surface area contributed by atoms with E-state index in [1.165, 1.54) is 21.3 Å². The third-order valence-electron chi connectivity index (χ3n) is 6.40. The van der Waals surface area contributed by atoms with Gasteiger partial charge < -0.3 is 24.4 Å². The van der Waals surface area contributed by atoms with Gasteiger partial charge in [0.1, 0.15) is 0 Å². The quantitative estimate of drug-likeness (QED) is 0.437. The molecule has 36 heavy (non-hydrogen) atoms. The Balaban J connectivity index is 1.32. The lowest BCUT2D eigenvalue weighted by molar-refractivity contribution is -0.126. The summed E-state index contributed by atoms with van der Waals surface area (Å²) in [6.45, 7) is 2.82. The van der Waals surface area contributed by atoms with Gasteiger partial charge in [0.2, 0.25) is 17.6 Å². The summed E-state index contributed by atoms with van der Waals surface area (Å²) < 4.78 is 18.0. The second kappa shape index (κ2) is 11.2. The third kappa shape index (κ3) is 5.30. The van der Waals surface area contributed by atoms with Crippen LogP contribution in [-0.4, -0.2) is 56.0 Å². The molecule has 1 aliphatic rings. The molecule has 0 radical (unpaired) electrons. The minimum Gasteiger partial charge on any atom is -0.493 e. The van der Waals surface area contributed by atoms with Crippen LogP contribution < -0.4 is 24.4 Å². The van der Waals surface area contributed by atoms with Crippen LogP contribution >= 0.6 is 0 Å². The fraction of sp³-hybridized carbons (Fsp3) is 0.370. The Kier molecular flexibility index (Phi) is 7.77. The molecule has 0 spiro atoms. The molecule has 2 amide bonds.